The molecule has 116 valence electrons. The van der Waals surface area contributed by atoms with E-state index < -0.39 is 11.8 Å². The smallest absolute Gasteiger partial charge is 0.309 e. The first-order valence-corrected chi connectivity index (χ1v) is 7.24. The maximum atomic E-state index is 14.1. The van der Waals surface area contributed by atoms with Crippen molar-refractivity contribution in [3.8, 4) is 22.4 Å². The Kier molecular flexibility index (Phi) is 4.12. The van der Waals surface area contributed by atoms with Gasteiger partial charge in [-0.2, -0.15) is 5.10 Å². The summed E-state index contributed by atoms with van der Waals surface area (Å²) in [7, 11) is 0. The number of halogens is 2. The van der Waals surface area contributed by atoms with Gasteiger partial charge in [0.25, 0.3) is 0 Å². The van der Waals surface area contributed by atoms with Gasteiger partial charge in [0.05, 0.1) is 12.1 Å². The normalized spacial score (nSPS) is 10.7. The molecule has 3 rings (SSSR count). The highest BCUT2D eigenvalue weighted by molar-refractivity contribution is 6.30. The van der Waals surface area contributed by atoms with Crippen molar-refractivity contribution >= 4 is 17.6 Å². The number of carboxylic acids is 1. The van der Waals surface area contributed by atoms with E-state index in [1.807, 2.05) is 0 Å². The SMILES string of the molecule is O=C(O)Cc1[nH]nc(-c2ccccc2F)c1-c1ccc(Cl)cc1. The Hall–Kier alpha value is -2.66. The Morgan fingerprint density at radius 1 is 1.17 bits per heavy atom. The average molecular weight is 331 g/mol. The molecule has 0 saturated heterocycles. The van der Waals surface area contributed by atoms with Gasteiger partial charge in [-0.3, -0.25) is 9.89 Å². The quantitative estimate of drug-likeness (QED) is 0.754. The lowest BCUT2D eigenvalue weighted by Gasteiger charge is -2.07. The molecule has 0 bridgehead atoms. The van der Waals surface area contributed by atoms with Gasteiger partial charge in [-0.05, 0) is 29.8 Å². The molecule has 0 aliphatic rings. The zero-order valence-corrected chi connectivity index (χ0v) is 12.6. The molecule has 0 fully saturated rings. The zero-order valence-electron chi connectivity index (χ0n) is 11.9. The van der Waals surface area contributed by atoms with Crippen LogP contribution in [0.3, 0.4) is 0 Å². The fourth-order valence-electron chi connectivity index (χ4n) is 2.43. The number of rotatable bonds is 4. The summed E-state index contributed by atoms with van der Waals surface area (Å²) in [6, 6.07) is 13.1. The Balaban J connectivity index is 2.21. The molecule has 0 amide bonds. The highest BCUT2D eigenvalue weighted by Crippen LogP contribution is 2.35. The maximum absolute atomic E-state index is 14.1. The third kappa shape index (κ3) is 3.10. The monoisotopic (exact) mass is 330 g/mol. The van der Waals surface area contributed by atoms with Crippen LogP contribution in [-0.4, -0.2) is 21.3 Å². The summed E-state index contributed by atoms with van der Waals surface area (Å²) in [5.74, 6) is -1.42. The molecule has 6 heteroatoms. The molecule has 2 N–H and O–H groups in total. The second-order valence-corrected chi connectivity index (χ2v) is 5.42. The van der Waals surface area contributed by atoms with E-state index in [1.165, 1.54) is 6.07 Å². The number of aliphatic carboxylic acids is 1. The van der Waals surface area contributed by atoms with Gasteiger partial charge in [0.15, 0.2) is 0 Å². The van der Waals surface area contributed by atoms with Crippen LogP contribution in [0.25, 0.3) is 22.4 Å². The minimum absolute atomic E-state index is 0.237. The van der Waals surface area contributed by atoms with E-state index in [4.69, 9.17) is 16.7 Å². The van der Waals surface area contributed by atoms with Crippen LogP contribution in [0.4, 0.5) is 4.39 Å². The van der Waals surface area contributed by atoms with Crippen LogP contribution in [-0.2, 0) is 11.2 Å². The van der Waals surface area contributed by atoms with E-state index in [9.17, 15) is 9.18 Å². The summed E-state index contributed by atoms with van der Waals surface area (Å²) >= 11 is 5.90. The average Bonchev–Trinajstić information content (AvgIpc) is 2.91. The predicted octanol–water partition coefficient (Wildman–Crippen LogP) is 4.16. The summed E-state index contributed by atoms with van der Waals surface area (Å²) in [5, 5.41) is 16.5. The van der Waals surface area contributed by atoms with Gasteiger partial charge in [-0.15, -0.1) is 0 Å². The lowest BCUT2D eigenvalue weighted by Crippen LogP contribution is -2.02. The van der Waals surface area contributed by atoms with Gasteiger partial charge < -0.3 is 5.11 Å². The number of benzene rings is 2. The lowest BCUT2D eigenvalue weighted by atomic mass is 9.97. The number of nitrogens with zero attached hydrogens (tertiary/aromatic N) is 1. The number of carboxylic acid groups (broad SMARTS) is 1. The molecular weight excluding hydrogens is 319 g/mol. The minimum Gasteiger partial charge on any atom is -0.481 e. The first-order valence-electron chi connectivity index (χ1n) is 6.86. The van der Waals surface area contributed by atoms with Crippen molar-refractivity contribution in [1.29, 1.82) is 0 Å². The summed E-state index contributed by atoms with van der Waals surface area (Å²) in [6.45, 7) is 0. The van der Waals surface area contributed by atoms with E-state index in [-0.39, 0.29) is 6.42 Å². The molecule has 0 aliphatic carbocycles. The second kappa shape index (κ2) is 6.22. The van der Waals surface area contributed by atoms with Crippen molar-refractivity contribution < 1.29 is 14.3 Å². The van der Waals surface area contributed by atoms with Gasteiger partial charge in [0, 0.05) is 16.1 Å². The summed E-state index contributed by atoms with van der Waals surface area (Å²) in [4.78, 5) is 11.1. The molecule has 3 aromatic rings. The van der Waals surface area contributed by atoms with E-state index in [0.29, 0.717) is 27.5 Å². The number of aromatic amines is 1. The fraction of sp³-hybridized carbons (Fsp3) is 0.0588. The van der Waals surface area contributed by atoms with Crippen LogP contribution < -0.4 is 0 Å². The molecule has 1 aromatic heterocycles. The van der Waals surface area contributed by atoms with Crippen LogP contribution in [0.1, 0.15) is 5.69 Å². The molecule has 0 aliphatic heterocycles. The number of aromatic nitrogens is 2. The lowest BCUT2D eigenvalue weighted by molar-refractivity contribution is -0.136. The van der Waals surface area contributed by atoms with Crippen LogP contribution in [0, 0.1) is 5.82 Å². The third-order valence-corrected chi connectivity index (χ3v) is 3.68. The largest absolute Gasteiger partial charge is 0.481 e. The van der Waals surface area contributed by atoms with Gasteiger partial charge in [0.1, 0.15) is 11.5 Å². The maximum Gasteiger partial charge on any atom is 0.309 e. The highest BCUT2D eigenvalue weighted by atomic mass is 35.5. The van der Waals surface area contributed by atoms with Gasteiger partial charge in [-0.25, -0.2) is 4.39 Å². The van der Waals surface area contributed by atoms with Crippen molar-refractivity contribution in [1.82, 2.24) is 10.2 Å². The third-order valence-electron chi connectivity index (χ3n) is 3.43. The predicted molar refractivity (Wildman–Crippen MR) is 85.8 cm³/mol. The first kappa shape index (κ1) is 15.2. The molecule has 0 radical (unpaired) electrons. The molecule has 4 nitrogen and oxygen atoms in total. The molecule has 0 unspecified atom stereocenters. The van der Waals surface area contributed by atoms with Crippen LogP contribution >= 0.6 is 11.6 Å². The zero-order chi connectivity index (χ0) is 16.4. The van der Waals surface area contributed by atoms with Crippen molar-refractivity contribution in [2.45, 2.75) is 6.42 Å². The Bertz CT molecular complexity index is 859. The minimum atomic E-state index is -0.996. The van der Waals surface area contributed by atoms with E-state index in [1.54, 1.807) is 42.5 Å². The summed E-state index contributed by atoms with van der Waals surface area (Å²) < 4.78 is 14.1. The first-order chi connectivity index (χ1) is 11.1. The molecule has 0 saturated carbocycles. The second-order valence-electron chi connectivity index (χ2n) is 4.98. The van der Waals surface area contributed by atoms with Crippen molar-refractivity contribution in [3.05, 3.63) is 65.1 Å². The summed E-state index contributed by atoms with van der Waals surface area (Å²) in [5.41, 5.74) is 2.39. The van der Waals surface area contributed by atoms with Crippen molar-refractivity contribution in [2.24, 2.45) is 0 Å². The number of hydrogen-bond acceptors (Lipinski definition) is 2. The Morgan fingerprint density at radius 2 is 1.87 bits per heavy atom. The van der Waals surface area contributed by atoms with E-state index in [0.717, 1.165) is 5.56 Å². The highest BCUT2D eigenvalue weighted by Gasteiger charge is 2.20. The summed E-state index contributed by atoms with van der Waals surface area (Å²) in [6.07, 6.45) is -0.237. The van der Waals surface area contributed by atoms with E-state index in [2.05, 4.69) is 10.2 Å². The van der Waals surface area contributed by atoms with Crippen LogP contribution in [0.2, 0.25) is 5.02 Å². The van der Waals surface area contributed by atoms with Crippen LogP contribution in [0.15, 0.2) is 48.5 Å². The molecule has 0 atom stereocenters. The molecule has 23 heavy (non-hydrogen) atoms. The number of hydrogen-bond donors (Lipinski definition) is 2. The topological polar surface area (TPSA) is 66.0 Å². The molecule has 1 heterocycles. The van der Waals surface area contributed by atoms with Crippen molar-refractivity contribution in [2.75, 3.05) is 0 Å². The Morgan fingerprint density at radius 3 is 2.52 bits per heavy atom. The molecule has 0 spiro atoms. The van der Waals surface area contributed by atoms with Gasteiger partial charge >= 0.3 is 5.97 Å². The van der Waals surface area contributed by atoms with Gasteiger partial charge in [0.2, 0.25) is 0 Å². The Labute approximate surface area is 136 Å². The number of H-pyrrole nitrogens is 1. The number of nitrogens with one attached hydrogen (secondary N) is 1. The number of carbonyl (C=O) groups is 1. The van der Waals surface area contributed by atoms with Crippen molar-refractivity contribution in [3.63, 3.8) is 0 Å². The van der Waals surface area contributed by atoms with Gasteiger partial charge in [-0.1, -0.05) is 35.9 Å². The molecule has 2 aromatic carbocycles. The van der Waals surface area contributed by atoms with E-state index >= 15 is 0 Å². The standard InChI is InChI=1S/C17H12ClFN2O2/c18-11-7-5-10(6-8-11)16-14(9-15(22)23)20-21-17(16)12-3-1-2-4-13(12)19/h1-8H,9H2,(H,20,21)(H,22,23). The van der Waals surface area contributed by atoms with Crippen LogP contribution in [0.5, 0.6) is 0 Å². The molecular formula is C17H12ClFN2O2. The fourth-order valence-corrected chi connectivity index (χ4v) is 2.56.